The molecule has 2 aromatic rings. The van der Waals surface area contributed by atoms with Gasteiger partial charge in [-0.15, -0.1) is 0 Å². The normalized spacial score (nSPS) is 9.90. The number of rotatable bonds is 4. The van der Waals surface area contributed by atoms with E-state index in [0.717, 1.165) is 28.0 Å². The maximum atomic E-state index is 8.89. The standard InChI is InChI=1S/C16H15BrN2O/c1-19(11-13-5-3-4-6-16(13)20-2)15-8-7-12(10-18)9-14(15)17/h3-9H,11H2,1-2H3. The lowest BCUT2D eigenvalue weighted by Crippen LogP contribution is -2.17. The number of hydrogen-bond acceptors (Lipinski definition) is 3. The third-order valence-corrected chi connectivity index (χ3v) is 3.72. The minimum atomic E-state index is 0.645. The fourth-order valence-corrected chi connectivity index (χ4v) is 2.74. The van der Waals surface area contributed by atoms with E-state index in [4.69, 9.17) is 10.00 Å². The van der Waals surface area contributed by atoms with E-state index in [0.29, 0.717) is 5.56 Å². The number of para-hydroxylation sites is 1. The molecule has 0 aliphatic carbocycles. The first-order valence-corrected chi connectivity index (χ1v) is 6.97. The van der Waals surface area contributed by atoms with Crippen molar-refractivity contribution in [2.75, 3.05) is 19.1 Å². The Morgan fingerprint density at radius 1 is 1.25 bits per heavy atom. The molecule has 0 spiro atoms. The summed E-state index contributed by atoms with van der Waals surface area (Å²) in [5.41, 5.74) is 2.80. The molecule has 102 valence electrons. The molecule has 20 heavy (non-hydrogen) atoms. The first-order chi connectivity index (χ1) is 9.65. The number of benzene rings is 2. The van der Waals surface area contributed by atoms with Gasteiger partial charge in [0.25, 0.3) is 0 Å². The van der Waals surface area contributed by atoms with Gasteiger partial charge in [-0.05, 0) is 40.2 Å². The van der Waals surface area contributed by atoms with Gasteiger partial charge in [0.2, 0.25) is 0 Å². The van der Waals surface area contributed by atoms with E-state index in [2.05, 4.69) is 26.9 Å². The van der Waals surface area contributed by atoms with Crippen LogP contribution in [-0.4, -0.2) is 14.2 Å². The SMILES string of the molecule is COc1ccccc1CN(C)c1ccc(C#N)cc1Br. The molecule has 0 saturated carbocycles. The molecule has 0 saturated heterocycles. The van der Waals surface area contributed by atoms with Crippen molar-refractivity contribution >= 4 is 21.6 Å². The second-order valence-electron chi connectivity index (χ2n) is 4.45. The zero-order valence-electron chi connectivity index (χ0n) is 11.4. The van der Waals surface area contributed by atoms with Crippen molar-refractivity contribution in [1.82, 2.24) is 0 Å². The minimum absolute atomic E-state index is 0.645. The number of nitriles is 1. The Labute approximate surface area is 127 Å². The second kappa shape index (κ2) is 6.44. The van der Waals surface area contributed by atoms with Crippen LogP contribution in [-0.2, 0) is 6.54 Å². The molecule has 0 aliphatic heterocycles. The van der Waals surface area contributed by atoms with Crippen LogP contribution in [0.2, 0.25) is 0 Å². The Hall–Kier alpha value is -1.99. The van der Waals surface area contributed by atoms with E-state index in [9.17, 15) is 0 Å². The third-order valence-electron chi connectivity index (χ3n) is 3.09. The fourth-order valence-electron chi connectivity index (χ4n) is 2.06. The maximum Gasteiger partial charge on any atom is 0.123 e. The number of nitrogens with zero attached hydrogens (tertiary/aromatic N) is 2. The molecule has 0 amide bonds. The first-order valence-electron chi connectivity index (χ1n) is 6.18. The summed E-state index contributed by atoms with van der Waals surface area (Å²) in [4.78, 5) is 2.11. The summed E-state index contributed by atoms with van der Waals surface area (Å²) >= 11 is 3.51. The summed E-state index contributed by atoms with van der Waals surface area (Å²) in [6.45, 7) is 0.731. The zero-order chi connectivity index (χ0) is 14.5. The number of halogens is 1. The van der Waals surface area contributed by atoms with Crippen LogP contribution in [0.3, 0.4) is 0 Å². The number of hydrogen-bond donors (Lipinski definition) is 0. The summed E-state index contributed by atoms with van der Waals surface area (Å²) in [6, 6.07) is 15.7. The highest BCUT2D eigenvalue weighted by atomic mass is 79.9. The van der Waals surface area contributed by atoms with Gasteiger partial charge >= 0.3 is 0 Å². The van der Waals surface area contributed by atoms with Gasteiger partial charge in [-0.2, -0.15) is 5.26 Å². The number of ether oxygens (including phenoxy) is 1. The van der Waals surface area contributed by atoms with E-state index in [1.807, 2.05) is 49.5 Å². The van der Waals surface area contributed by atoms with Crippen LogP contribution in [0.4, 0.5) is 5.69 Å². The van der Waals surface area contributed by atoms with Crippen LogP contribution in [0.1, 0.15) is 11.1 Å². The largest absolute Gasteiger partial charge is 0.496 e. The Balaban J connectivity index is 2.24. The molecule has 0 atom stereocenters. The van der Waals surface area contributed by atoms with Crippen molar-refractivity contribution in [3.63, 3.8) is 0 Å². The van der Waals surface area contributed by atoms with Crippen LogP contribution >= 0.6 is 15.9 Å². The minimum Gasteiger partial charge on any atom is -0.496 e. The average molecular weight is 331 g/mol. The number of anilines is 1. The summed E-state index contributed by atoms with van der Waals surface area (Å²) in [5, 5.41) is 8.89. The molecule has 0 aliphatic rings. The van der Waals surface area contributed by atoms with Crippen molar-refractivity contribution < 1.29 is 4.74 Å². The quantitative estimate of drug-likeness (QED) is 0.851. The highest BCUT2D eigenvalue weighted by molar-refractivity contribution is 9.10. The topological polar surface area (TPSA) is 36.3 Å². The van der Waals surface area contributed by atoms with E-state index in [1.165, 1.54) is 0 Å². The molecule has 3 nitrogen and oxygen atoms in total. The molecule has 0 N–H and O–H groups in total. The van der Waals surface area contributed by atoms with Crippen LogP contribution in [0, 0.1) is 11.3 Å². The van der Waals surface area contributed by atoms with E-state index in [1.54, 1.807) is 7.11 Å². The summed E-state index contributed by atoms with van der Waals surface area (Å²) in [7, 11) is 3.69. The maximum absolute atomic E-state index is 8.89. The van der Waals surface area contributed by atoms with Crippen molar-refractivity contribution in [3.8, 4) is 11.8 Å². The summed E-state index contributed by atoms with van der Waals surface area (Å²) in [5.74, 6) is 0.879. The van der Waals surface area contributed by atoms with Crippen LogP contribution < -0.4 is 9.64 Å². The first kappa shape index (κ1) is 14.4. The monoisotopic (exact) mass is 330 g/mol. The average Bonchev–Trinajstić information content (AvgIpc) is 2.47. The van der Waals surface area contributed by atoms with Gasteiger partial charge in [-0.3, -0.25) is 0 Å². The smallest absolute Gasteiger partial charge is 0.123 e. The molecule has 0 radical (unpaired) electrons. The van der Waals surface area contributed by atoms with Crippen molar-refractivity contribution in [2.45, 2.75) is 6.54 Å². The molecule has 4 heteroatoms. The third kappa shape index (κ3) is 3.12. The molecular formula is C16H15BrN2O. The summed E-state index contributed by atoms with van der Waals surface area (Å²) < 4.78 is 6.28. The van der Waals surface area contributed by atoms with Crippen molar-refractivity contribution in [3.05, 3.63) is 58.1 Å². The van der Waals surface area contributed by atoms with Crippen LogP contribution in [0.15, 0.2) is 46.9 Å². The van der Waals surface area contributed by atoms with Gasteiger partial charge in [0.1, 0.15) is 5.75 Å². The Kier molecular flexibility index (Phi) is 4.65. The predicted molar refractivity (Wildman–Crippen MR) is 84.0 cm³/mol. The molecule has 0 heterocycles. The molecule has 0 fully saturated rings. The Morgan fingerprint density at radius 3 is 2.65 bits per heavy atom. The molecule has 2 aromatic carbocycles. The summed E-state index contributed by atoms with van der Waals surface area (Å²) in [6.07, 6.45) is 0. The van der Waals surface area contributed by atoms with E-state index in [-0.39, 0.29) is 0 Å². The highest BCUT2D eigenvalue weighted by Gasteiger charge is 2.10. The molecule has 0 aromatic heterocycles. The molecule has 2 rings (SSSR count). The van der Waals surface area contributed by atoms with E-state index < -0.39 is 0 Å². The Bertz CT molecular complexity index is 649. The van der Waals surface area contributed by atoms with Crippen LogP contribution in [0.25, 0.3) is 0 Å². The number of methoxy groups -OCH3 is 1. The van der Waals surface area contributed by atoms with Crippen molar-refractivity contribution in [1.29, 1.82) is 5.26 Å². The van der Waals surface area contributed by atoms with Crippen molar-refractivity contribution in [2.24, 2.45) is 0 Å². The van der Waals surface area contributed by atoms with Gasteiger partial charge in [0.15, 0.2) is 0 Å². The van der Waals surface area contributed by atoms with Gasteiger partial charge in [-0.1, -0.05) is 18.2 Å². The Morgan fingerprint density at radius 2 is 2.00 bits per heavy atom. The second-order valence-corrected chi connectivity index (χ2v) is 5.30. The lowest BCUT2D eigenvalue weighted by Gasteiger charge is -2.22. The van der Waals surface area contributed by atoms with Gasteiger partial charge in [-0.25, -0.2) is 0 Å². The lowest BCUT2D eigenvalue weighted by molar-refractivity contribution is 0.409. The van der Waals surface area contributed by atoms with Gasteiger partial charge in [0, 0.05) is 23.6 Å². The fraction of sp³-hybridized carbons (Fsp3) is 0.188. The van der Waals surface area contributed by atoms with Crippen LogP contribution in [0.5, 0.6) is 5.75 Å². The highest BCUT2D eigenvalue weighted by Crippen LogP contribution is 2.29. The zero-order valence-corrected chi connectivity index (χ0v) is 13.0. The lowest BCUT2D eigenvalue weighted by atomic mass is 10.1. The predicted octanol–water partition coefficient (Wildman–Crippen LogP) is 3.97. The van der Waals surface area contributed by atoms with E-state index >= 15 is 0 Å². The molecule has 0 bridgehead atoms. The van der Waals surface area contributed by atoms with Gasteiger partial charge < -0.3 is 9.64 Å². The molecule has 0 unspecified atom stereocenters. The van der Waals surface area contributed by atoms with Gasteiger partial charge in [0.05, 0.1) is 24.4 Å². The molecular weight excluding hydrogens is 316 g/mol.